The zero-order chi connectivity index (χ0) is 38.0. The van der Waals surface area contributed by atoms with E-state index in [-0.39, 0.29) is 27.7 Å². The minimum atomic E-state index is -0.366. The van der Waals surface area contributed by atoms with Gasteiger partial charge in [-0.15, -0.1) is 0 Å². The van der Waals surface area contributed by atoms with E-state index in [0.717, 1.165) is 31.6 Å². The van der Waals surface area contributed by atoms with Gasteiger partial charge in [0.05, 0.1) is 21.9 Å². The van der Waals surface area contributed by atoms with Crippen LogP contribution < -0.4 is 26.2 Å². The Bertz CT molecular complexity index is 2350. The van der Waals surface area contributed by atoms with Gasteiger partial charge in [0.1, 0.15) is 6.54 Å². The molecule has 0 spiro atoms. The number of benzene rings is 4. The van der Waals surface area contributed by atoms with Crippen molar-refractivity contribution in [1.82, 2.24) is 0 Å². The number of rotatable bonds is 16. The molecular weight excluding hydrogens is 661 g/mol. The van der Waals surface area contributed by atoms with E-state index in [1.54, 1.807) is 0 Å². The standard InChI is InChI=1S/C50H61N2O2/c1-7-9-11-13-15-21-31-51-41-29-27-35-23-17-19-25-37(35)45(41)49(3,4)43(51)33-39-47(53)40(48(39)54)34-44-50(5,6)46-38-26-20-18-24-36(38)28-30-42(46)52(44)32-22-16-14-12-10-8-2/h17-20,23-30,33-34,43H,7-16,21-22,31-32H2,1-6H3/q+1. The summed E-state index contributed by atoms with van der Waals surface area (Å²) in [5.74, 6) is 0. The molecule has 282 valence electrons. The van der Waals surface area contributed by atoms with Crippen molar-refractivity contribution in [3.05, 3.63) is 115 Å². The molecule has 2 heterocycles. The van der Waals surface area contributed by atoms with E-state index in [9.17, 15) is 9.59 Å². The first-order chi connectivity index (χ1) is 26.1. The van der Waals surface area contributed by atoms with Crippen LogP contribution in [0.1, 0.15) is 130 Å². The van der Waals surface area contributed by atoms with Crippen LogP contribution in [0.3, 0.4) is 0 Å². The van der Waals surface area contributed by atoms with Gasteiger partial charge in [0.25, 0.3) is 0 Å². The Kier molecular flexibility index (Phi) is 11.1. The van der Waals surface area contributed by atoms with Crippen molar-refractivity contribution >= 4 is 50.8 Å². The second kappa shape index (κ2) is 15.8. The molecule has 2 aliphatic heterocycles. The van der Waals surface area contributed by atoms with Gasteiger partial charge in [-0.3, -0.25) is 9.59 Å². The lowest BCUT2D eigenvalue weighted by molar-refractivity contribution is -0.437. The summed E-state index contributed by atoms with van der Waals surface area (Å²) in [6.45, 7) is 15.4. The third kappa shape index (κ3) is 6.80. The van der Waals surface area contributed by atoms with E-state index in [0.29, 0.717) is 10.4 Å². The van der Waals surface area contributed by atoms with Crippen molar-refractivity contribution < 1.29 is 4.58 Å². The minimum absolute atomic E-state index is 0.0891. The van der Waals surface area contributed by atoms with Crippen LogP contribution in [0.25, 0.3) is 33.7 Å². The molecule has 0 bridgehead atoms. The number of nitrogens with zero attached hydrogens (tertiary/aromatic N) is 2. The third-order valence-electron chi connectivity index (χ3n) is 12.8. The van der Waals surface area contributed by atoms with Crippen LogP contribution in [-0.2, 0) is 10.8 Å². The monoisotopic (exact) mass is 721 g/mol. The molecule has 2 aliphatic rings. The van der Waals surface area contributed by atoms with E-state index in [4.69, 9.17) is 0 Å². The van der Waals surface area contributed by atoms with E-state index in [1.165, 1.54) is 108 Å². The summed E-state index contributed by atoms with van der Waals surface area (Å²) in [6, 6.07) is 26.1. The highest BCUT2D eigenvalue weighted by Gasteiger charge is 2.47. The van der Waals surface area contributed by atoms with Crippen LogP contribution >= 0.6 is 0 Å². The Morgan fingerprint density at radius 1 is 0.630 bits per heavy atom. The first-order valence-corrected chi connectivity index (χ1v) is 21.1. The normalized spacial score (nSPS) is 17.1. The molecule has 0 fully saturated rings. The summed E-state index contributed by atoms with van der Waals surface area (Å²) in [5.41, 5.74) is 5.24. The van der Waals surface area contributed by atoms with Crippen molar-refractivity contribution in [3.8, 4) is 0 Å². The van der Waals surface area contributed by atoms with Crippen molar-refractivity contribution in [2.24, 2.45) is 0 Å². The van der Waals surface area contributed by atoms with Crippen molar-refractivity contribution in [1.29, 1.82) is 0 Å². The number of fused-ring (bicyclic) bond motifs is 6. The molecule has 0 saturated heterocycles. The van der Waals surface area contributed by atoms with Gasteiger partial charge in [-0.2, -0.15) is 4.58 Å². The van der Waals surface area contributed by atoms with Crippen molar-refractivity contribution in [2.45, 2.75) is 135 Å². The zero-order valence-corrected chi connectivity index (χ0v) is 33.8. The van der Waals surface area contributed by atoms with Gasteiger partial charge in [-0.05, 0) is 72.0 Å². The number of unbranched alkanes of at least 4 members (excludes halogenated alkanes) is 10. The maximum absolute atomic E-state index is 14.3. The van der Waals surface area contributed by atoms with Gasteiger partial charge in [0, 0.05) is 41.8 Å². The fraction of sp³-hybridized carbons (Fsp3) is 0.460. The highest BCUT2D eigenvalue weighted by atomic mass is 16.1. The van der Waals surface area contributed by atoms with Gasteiger partial charge in [-0.1, -0.05) is 140 Å². The van der Waals surface area contributed by atoms with Crippen LogP contribution in [0.5, 0.6) is 0 Å². The average molecular weight is 722 g/mol. The largest absolute Gasteiger partial charge is 0.364 e. The highest BCUT2D eigenvalue weighted by Crippen LogP contribution is 2.49. The zero-order valence-electron chi connectivity index (χ0n) is 33.8. The van der Waals surface area contributed by atoms with Crippen LogP contribution in [0.2, 0.25) is 0 Å². The lowest BCUT2D eigenvalue weighted by Gasteiger charge is -2.32. The number of hydrogen-bond acceptors (Lipinski definition) is 3. The lowest BCUT2D eigenvalue weighted by Crippen LogP contribution is -2.66. The first kappa shape index (κ1) is 38.0. The maximum Gasteiger partial charge on any atom is 0.210 e. The summed E-state index contributed by atoms with van der Waals surface area (Å²) in [4.78, 5) is 31.0. The molecular formula is C50H61N2O2+. The van der Waals surface area contributed by atoms with Crippen molar-refractivity contribution in [2.75, 3.05) is 18.0 Å². The number of hydrogen-bond donors (Lipinski definition) is 0. The second-order valence-corrected chi connectivity index (χ2v) is 17.2. The summed E-state index contributed by atoms with van der Waals surface area (Å²) in [7, 11) is 0. The van der Waals surface area contributed by atoms with Gasteiger partial charge < -0.3 is 4.90 Å². The fourth-order valence-electron chi connectivity index (χ4n) is 9.78. The fourth-order valence-corrected chi connectivity index (χ4v) is 9.78. The van der Waals surface area contributed by atoms with Crippen LogP contribution in [-0.4, -0.2) is 29.4 Å². The SMILES string of the molecule is CCCCCCCCN1c2ccc3ccccc3c2C(C)(C)C1C=c1c(=O)c(=CC2=[N+](CCCCCCCC)c3ccc4ccccc4c3C2(C)C)c1=O. The van der Waals surface area contributed by atoms with Crippen LogP contribution in [0, 0.1) is 0 Å². The molecule has 5 aromatic rings. The Morgan fingerprint density at radius 3 is 1.83 bits per heavy atom. The van der Waals surface area contributed by atoms with E-state index < -0.39 is 0 Å². The van der Waals surface area contributed by atoms with E-state index >= 15 is 0 Å². The quantitative estimate of drug-likeness (QED) is 0.0753. The van der Waals surface area contributed by atoms with Crippen LogP contribution in [0.15, 0.2) is 82.4 Å². The Labute approximate surface area is 322 Å². The Morgan fingerprint density at radius 2 is 1.19 bits per heavy atom. The summed E-state index contributed by atoms with van der Waals surface area (Å²) < 4.78 is 2.42. The van der Waals surface area contributed by atoms with E-state index in [1.807, 2.05) is 12.2 Å². The topological polar surface area (TPSA) is 40.4 Å². The van der Waals surface area contributed by atoms with Gasteiger partial charge in [-0.25, -0.2) is 0 Å². The molecule has 4 heteroatoms. The molecule has 5 aromatic carbocycles. The molecule has 4 nitrogen and oxygen atoms in total. The molecule has 0 N–H and O–H groups in total. The predicted molar refractivity (Wildman–Crippen MR) is 231 cm³/mol. The van der Waals surface area contributed by atoms with Gasteiger partial charge in [0.15, 0.2) is 5.71 Å². The Balaban J connectivity index is 1.28. The first-order valence-electron chi connectivity index (χ1n) is 21.1. The maximum atomic E-state index is 14.3. The molecule has 0 amide bonds. The molecule has 0 aromatic heterocycles. The van der Waals surface area contributed by atoms with Gasteiger partial charge in [0.2, 0.25) is 16.5 Å². The number of anilines is 1. The molecule has 1 unspecified atom stereocenters. The van der Waals surface area contributed by atoms with E-state index in [2.05, 4.69) is 124 Å². The minimum Gasteiger partial charge on any atom is -0.364 e. The predicted octanol–water partition coefficient (Wildman–Crippen LogP) is 10.1. The summed E-state index contributed by atoms with van der Waals surface area (Å²) in [6.07, 6.45) is 18.6. The average Bonchev–Trinajstić information content (AvgIpc) is 3.53. The summed E-state index contributed by atoms with van der Waals surface area (Å²) in [5, 5.41) is 5.64. The van der Waals surface area contributed by atoms with Crippen LogP contribution in [0.4, 0.5) is 11.4 Å². The second-order valence-electron chi connectivity index (χ2n) is 17.2. The molecule has 7 rings (SSSR count). The molecule has 1 atom stereocenters. The van der Waals surface area contributed by atoms with Crippen molar-refractivity contribution in [3.63, 3.8) is 0 Å². The highest BCUT2D eigenvalue weighted by molar-refractivity contribution is 6.17. The lowest BCUT2D eigenvalue weighted by atomic mass is 9.77. The summed E-state index contributed by atoms with van der Waals surface area (Å²) >= 11 is 0. The molecule has 0 saturated carbocycles. The molecule has 54 heavy (non-hydrogen) atoms. The molecule has 0 aliphatic carbocycles. The molecule has 0 radical (unpaired) electrons. The smallest absolute Gasteiger partial charge is 0.210 e. The third-order valence-corrected chi connectivity index (χ3v) is 12.8. The van der Waals surface area contributed by atoms with Gasteiger partial charge >= 0.3 is 0 Å². The Hall–Kier alpha value is -4.31.